The monoisotopic (exact) mass is 300 g/mol. The van der Waals surface area contributed by atoms with E-state index in [0.29, 0.717) is 18.5 Å². The molecule has 1 heterocycles. The molecule has 0 aliphatic rings. The molecule has 3 aromatic rings. The molecule has 2 aromatic carbocycles. The Morgan fingerprint density at radius 1 is 1.19 bits per heavy atom. The first-order chi connectivity index (χ1) is 10.2. The summed E-state index contributed by atoms with van der Waals surface area (Å²) in [5.74, 6) is -0.676. The molecule has 0 aliphatic carbocycles. The lowest BCUT2D eigenvalue weighted by atomic mass is 10.2. The number of nitrogens with zero attached hydrogens (tertiary/aromatic N) is 1. The lowest BCUT2D eigenvalue weighted by molar-refractivity contribution is 0.0953. The van der Waals surface area contributed by atoms with E-state index in [0.717, 1.165) is 15.2 Å². The number of hydrogen-bond donors (Lipinski definition) is 1. The second kappa shape index (κ2) is 6.01. The molecule has 0 saturated heterocycles. The van der Waals surface area contributed by atoms with Gasteiger partial charge >= 0.3 is 0 Å². The second-order valence-corrected chi connectivity index (χ2v) is 5.71. The van der Waals surface area contributed by atoms with E-state index in [2.05, 4.69) is 10.3 Å². The number of rotatable bonds is 4. The minimum Gasteiger partial charge on any atom is -0.352 e. The number of carbonyl (C=O) groups is 1. The summed E-state index contributed by atoms with van der Waals surface area (Å²) in [5, 5.41) is 3.76. The average Bonchev–Trinajstić information content (AvgIpc) is 2.89. The molecule has 3 rings (SSSR count). The number of carbonyl (C=O) groups excluding carboxylic acids is 1. The van der Waals surface area contributed by atoms with Gasteiger partial charge in [0.1, 0.15) is 5.82 Å². The zero-order valence-corrected chi connectivity index (χ0v) is 12.0. The molecule has 0 saturated carbocycles. The Morgan fingerprint density at radius 2 is 2.05 bits per heavy atom. The van der Waals surface area contributed by atoms with Crippen molar-refractivity contribution in [3.8, 4) is 0 Å². The normalized spacial score (nSPS) is 10.7. The number of para-hydroxylation sites is 1. The summed E-state index contributed by atoms with van der Waals surface area (Å²) in [6.07, 6.45) is 0.667. The largest absolute Gasteiger partial charge is 0.352 e. The highest BCUT2D eigenvalue weighted by atomic mass is 32.1. The topological polar surface area (TPSA) is 42.0 Å². The third-order valence-corrected chi connectivity index (χ3v) is 4.15. The van der Waals surface area contributed by atoms with Gasteiger partial charge < -0.3 is 5.32 Å². The molecule has 0 unspecified atom stereocenters. The molecular formula is C16H13FN2OS. The van der Waals surface area contributed by atoms with Crippen molar-refractivity contribution >= 4 is 27.5 Å². The van der Waals surface area contributed by atoms with E-state index in [4.69, 9.17) is 0 Å². The Morgan fingerprint density at radius 3 is 2.86 bits per heavy atom. The summed E-state index contributed by atoms with van der Waals surface area (Å²) in [6.45, 7) is 0.481. The van der Waals surface area contributed by atoms with Crippen molar-refractivity contribution in [2.24, 2.45) is 0 Å². The minimum absolute atomic E-state index is 0.268. The third kappa shape index (κ3) is 3.25. The van der Waals surface area contributed by atoms with Crippen molar-refractivity contribution in [2.75, 3.05) is 6.54 Å². The molecule has 0 aliphatic heterocycles. The zero-order valence-electron chi connectivity index (χ0n) is 11.2. The summed E-state index contributed by atoms with van der Waals surface area (Å²) in [5.41, 5.74) is 1.31. The van der Waals surface area contributed by atoms with E-state index in [1.165, 1.54) is 18.2 Å². The van der Waals surface area contributed by atoms with E-state index in [9.17, 15) is 9.18 Å². The fraction of sp³-hybridized carbons (Fsp3) is 0.125. The minimum atomic E-state index is -0.408. The SMILES string of the molecule is O=C(NCCc1nc2ccccc2s1)c1cccc(F)c1. The summed E-state index contributed by atoms with van der Waals surface area (Å²) in [4.78, 5) is 16.4. The van der Waals surface area contributed by atoms with Crippen molar-refractivity contribution < 1.29 is 9.18 Å². The quantitative estimate of drug-likeness (QED) is 0.802. The van der Waals surface area contributed by atoms with Crippen LogP contribution in [0.4, 0.5) is 4.39 Å². The average molecular weight is 300 g/mol. The van der Waals surface area contributed by atoms with Gasteiger partial charge in [0.05, 0.1) is 15.2 Å². The Kier molecular flexibility index (Phi) is 3.92. The van der Waals surface area contributed by atoms with Gasteiger partial charge in [-0.25, -0.2) is 9.37 Å². The summed E-state index contributed by atoms with van der Waals surface area (Å²) in [7, 11) is 0. The van der Waals surface area contributed by atoms with E-state index >= 15 is 0 Å². The standard InChI is InChI=1S/C16H13FN2OS/c17-12-5-3-4-11(10-12)16(20)18-9-8-15-19-13-6-1-2-7-14(13)21-15/h1-7,10H,8-9H2,(H,18,20). The molecule has 21 heavy (non-hydrogen) atoms. The van der Waals surface area contributed by atoms with Crippen molar-refractivity contribution in [2.45, 2.75) is 6.42 Å². The lowest BCUT2D eigenvalue weighted by Crippen LogP contribution is -2.25. The Bertz CT molecular complexity index is 752. The zero-order chi connectivity index (χ0) is 14.7. The summed E-state index contributed by atoms with van der Waals surface area (Å²) in [6, 6.07) is 13.6. The molecule has 106 valence electrons. The predicted octanol–water partition coefficient (Wildman–Crippen LogP) is 3.41. The highest BCUT2D eigenvalue weighted by molar-refractivity contribution is 7.18. The van der Waals surface area contributed by atoms with Gasteiger partial charge in [-0.1, -0.05) is 18.2 Å². The van der Waals surface area contributed by atoms with Crippen LogP contribution in [0, 0.1) is 5.82 Å². The molecule has 0 bridgehead atoms. The van der Waals surface area contributed by atoms with Crippen LogP contribution in [-0.2, 0) is 6.42 Å². The van der Waals surface area contributed by atoms with Gasteiger partial charge in [-0.3, -0.25) is 4.79 Å². The molecule has 3 nitrogen and oxygen atoms in total. The van der Waals surface area contributed by atoms with Gasteiger partial charge in [-0.15, -0.1) is 11.3 Å². The number of hydrogen-bond acceptors (Lipinski definition) is 3. The Labute approximate surface area is 125 Å². The van der Waals surface area contributed by atoms with Crippen LogP contribution in [-0.4, -0.2) is 17.4 Å². The van der Waals surface area contributed by atoms with Crippen LogP contribution in [0.15, 0.2) is 48.5 Å². The maximum Gasteiger partial charge on any atom is 0.251 e. The van der Waals surface area contributed by atoms with Gasteiger partial charge in [0, 0.05) is 18.5 Å². The maximum atomic E-state index is 13.0. The van der Waals surface area contributed by atoms with Gasteiger partial charge in [-0.2, -0.15) is 0 Å². The molecule has 0 fully saturated rings. The molecule has 0 radical (unpaired) electrons. The number of benzene rings is 2. The Balaban J connectivity index is 1.59. The molecule has 1 aromatic heterocycles. The van der Waals surface area contributed by atoms with Crippen LogP contribution < -0.4 is 5.32 Å². The lowest BCUT2D eigenvalue weighted by Gasteiger charge is -2.03. The van der Waals surface area contributed by atoms with E-state index in [-0.39, 0.29) is 5.91 Å². The first kappa shape index (κ1) is 13.7. The number of thiazole rings is 1. The van der Waals surface area contributed by atoms with E-state index in [1.807, 2.05) is 24.3 Å². The van der Waals surface area contributed by atoms with Crippen LogP contribution in [0.2, 0.25) is 0 Å². The Hall–Kier alpha value is -2.27. The van der Waals surface area contributed by atoms with Crippen LogP contribution >= 0.6 is 11.3 Å². The third-order valence-electron chi connectivity index (χ3n) is 3.05. The molecule has 1 N–H and O–H groups in total. The molecule has 0 atom stereocenters. The van der Waals surface area contributed by atoms with E-state index in [1.54, 1.807) is 17.4 Å². The first-order valence-corrected chi connectivity index (χ1v) is 7.42. The highest BCUT2D eigenvalue weighted by Crippen LogP contribution is 2.21. The summed E-state index contributed by atoms with van der Waals surface area (Å²) < 4.78 is 14.2. The maximum absolute atomic E-state index is 13.0. The molecular weight excluding hydrogens is 287 g/mol. The van der Waals surface area contributed by atoms with Crippen molar-refractivity contribution in [3.63, 3.8) is 0 Å². The van der Waals surface area contributed by atoms with Crippen LogP contribution in [0.3, 0.4) is 0 Å². The fourth-order valence-electron chi connectivity index (χ4n) is 2.04. The molecule has 1 amide bonds. The highest BCUT2D eigenvalue weighted by Gasteiger charge is 2.07. The fourth-order valence-corrected chi connectivity index (χ4v) is 3.01. The van der Waals surface area contributed by atoms with Crippen LogP contribution in [0.1, 0.15) is 15.4 Å². The number of nitrogens with one attached hydrogen (secondary N) is 1. The van der Waals surface area contributed by atoms with Gasteiger partial charge in [0.2, 0.25) is 0 Å². The van der Waals surface area contributed by atoms with Crippen LogP contribution in [0.25, 0.3) is 10.2 Å². The molecule has 5 heteroatoms. The van der Waals surface area contributed by atoms with Crippen molar-refractivity contribution in [1.29, 1.82) is 0 Å². The number of fused-ring (bicyclic) bond motifs is 1. The van der Waals surface area contributed by atoms with Crippen LogP contribution in [0.5, 0.6) is 0 Å². The van der Waals surface area contributed by atoms with Crippen molar-refractivity contribution in [1.82, 2.24) is 10.3 Å². The number of amides is 1. The smallest absolute Gasteiger partial charge is 0.251 e. The number of halogens is 1. The van der Waals surface area contributed by atoms with Gasteiger partial charge in [-0.05, 0) is 30.3 Å². The molecule has 0 spiro atoms. The van der Waals surface area contributed by atoms with Crippen molar-refractivity contribution in [3.05, 3.63) is 64.9 Å². The van der Waals surface area contributed by atoms with E-state index < -0.39 is 5.82 Å². The van der Waals surface area contributed by atoms with Gasteiger partial charge in [0.15, 0.2) is 0 Å². The second-order valence-electron chi connectivity index (χ2n) is 4.59. The van der Waals surface area contributed by atoms with Gasteiger partial charge in [0.25, 0.3) is 5.91 Å². The first-order valence-electron chi connectivity index (χ1n) is 6.60. The number of aromatic nitrogens is 1. The summed E-state index contributed by atoms with van der Waals surface area (Å²) >= 11 is 1.62. The predicted molar refractivity (Wildman–Crippen MR) is 82.1 cm³/mol.